The summed E-state index contributed by atoms with van der Waals surface area (Å²) in [5.74, 6) is 0.188. The zero-order valence-electron chi connectivity index (χ0n) is 11.7. The van der Waals surface area contributed by atoms with Crippen LogP contribution in [-0.4, -0.2) is 25.3 Å². The average molecular weight is 308 g/mol. The number of fused-ring (bicyclic) bond motifs is 1. The van der Waals surface area contributed by atoms with Crippen molar-refractivity contribution in [1.82, 2.24) is 20.2 Å². The van der Waals surface area contributed by atoms with Crippen molar-refractivity contribution in [3.05, 3.63) is 47.5 Å². The Kier molecular flexibility index (Phi) is 2.90. The van der Waals surface area contributed by atoms with Gasteiger partial charge in [-0.3, -0.25) is 5.10 Å². The van der Waals surface area contributed by atoms with Gasteiger partial charge in [0.05, 0.1) is 16.8 Å². The van der Waals surface area contributed by atoms with Gasteiger partial charge in [0.2, 0.25) is 0 Å². The van der Waals surface area contributed by atoms with Gasteiger partial charge in [-0.1, -0.05) is 12.1 Å². The summed E-state index contributed by atoms with van der Waals surface area (Å²) in [6.07, 6.45) is 1.63. The monoisotopic (exact) mass is 308 g/mol. The number of benzene rings is 1. The third-order valence-corrected chi connectivity index (χ3v) is 4.57. The largest absolute Gasteiger partial charge is 0.507 e. The van der Waals surface area contributed by atoms with E-state index in [0.29, 0.717) is 22.4 Å². The van der Waals surface area contributed by atoms with E-state index in [9.17, 15) is 5.11 Å². The lowest BCUT2D eigenvalue weighted by atomic mass is 10.1. The molecule has 0 aliphatic heterocycles. The molecule has 0 aliphatic carbocycles. The maximum absolute atomic E-state index is 9.99. The van der Waals surface area contributed by atoms with Gasteiger partial charge < -0.3 is 5.11 Å². The molecule has 5 nitrogen and oxygen atoms in total. The van der Waals surface area contributed by atoms with Gasteiger partial charge >= 0.3 is 0 Å². The molecule has 3 aromatic heterocycles. The number of phenols is 1. The summed E-state index contributed by atoms with van der Waals surface area (Å²) in [5, 5.41) is 19.3. The molecule has 0 bridgehead atoms. The SMILES string of the molecule is Cc1ccsc1-c1[nH]nc2ncc(-c3ccccc3O)nc12. The van der Waals surface area contributed by atoms with Crippen molar-refractivity contribution in [2.75, 3.05) is 0 Å². The molecule has 6 heteroatoms. The highest BCUT2D eigenvalue weighted by molar-refractivity contribution is 7.13. The molecule has 22 heavy (non-hydrogen) atoms. The Morgan fingerprint density at radius 2 is 2.05 bits per heavy atom. The number of aromatic nitrogens is 4. The van der Waals surface area contributed by atoms with Crippen molar-refractivity contribution in [2.24, 2.45) is 0 Å². The summed E-state index contributed by atoms with van der Waals surface area (Å²) in [4.78, 5) is 10.1. The van der Waals surface area contributed by atoms with Gasteiger partial charge in [-0.05, 0) is 36.1 Å². The summed E-state index contributed by atoms with van der Waals surface area (Å²) in [6, 6.07) is 9.17. The number of hydrogen-bond acceptors (Lipinski definition) is 5. The number of hydrogen-bond donors (Lipinski definition) is 2. The van der Waals surface area contributed by atoms with Crippen molar-refractivity contribution in [1.29, 1.82) is 0 Å². The highest BCUT2D eigenvalue weighted by Crippen LogP contribution is 2.33. The Morgan fingerprint density at radius 1 is 1.18 bits per heavy atom. The van der Waals surface area contributed by atoms with E-state index in [1.807, 2.05) is 17.5 Å². The molecule has 0 radical (unpaired) electrons. The summed E-state index contributed by atoms with van der Waals surface area (Å²) in [6.45, 7) is 2.05. The Bertz CT molecular complexity index is 973. The number of nitrogens with zero attached hydrogens (tertiary/aromatic N) is 3. The quantitative estimate of drug-likeness (QED) is 0.591. The standard InChI is InChI=1S/C16H12N4OS/c1-9-6-7-22-15(9)13-14-16(20-19-13)17-8-11(18-14)10-4-2-3-5-12(10)21/h2-8,21H,1H3,(H,17,19,20). The molecule has 0 amide bonds. The van der Waals surface area contributed by atoms with Crippen LogP contribution >= 0.6 is 11.3 Å². The number of aromatic amines is 1. The number of thiophene rings is 1. The van der Waals surface area contributed by atoms with Gasteiger partial charge in [-0.25, -0.2) is 9.97 Å². The number of phenolic OH excluding ortho intramolecular Hbond substituents is 1. The molecule has 0 saturated carbocycles. The lowest BCUT2D eigenvalue weighted by Crippen LogP contribution is -1.88. The maximum atomic E-state index is 9.99. The van der Waals surface area contributed by atoms with Crippen LogP contribution in [0.3, 0.4) is 0 Å². The Morgan fingerprint density at radius 3 is 2.82 bits per heavy atom. The van der Waals surface area contributed by atoms with E-state index in [2.05, 4.69) is 33.2 Å². The zero-order valence-corrected chi connectivity index (χ0v) is 12.6. The van der Waals surface area contributed by atoms with Crippen molar-refractivity contribution < 1.29 is 5.11 Å². The van der Waals surface area contributed by atoms with Crippen LogP contribution in [0.2, 0.25) is 0 Å². The molecule has 0 atom stereocenters. The van der Waals surface area contributed by atoms with E-state index in [-0.39, 0.29) is 5.75 Å². The predicted molar refractivity (Wildman–Crippen MR) is 86.8 cm³/mol. The first-order valence-corrected chi connectivity index (χ1v) is 7.66. The van der Waals surface area contributed by atoms with Crippen molar-refractivity contribution in [2.45, 2.75) is 6.92 Å². The summed E-state index contributed by atoms with van der Waals surface area (Å²) >= 11 is 1.64. The number of aryl methyl sites for hydroxylation is 1. The highest BCUT2D eigenvalue weighted by Gasteiger charge is 2.15. The minimum Gasteiger partial charge on any atom is -0.507 e. The van der Waals surface area contributed by atoms with Gasteiger partial charge in [0.25, 0.3) is 0 Å². The Labute approximate surface area is 130 Å². The number of aromatic hydroxyl groups is 1. The van der Waals surface area contributed by atoms with Crippen LogP contribution in [0.1, 0.15) is 5.56 Å². The number of nitrogens with one attached hydrogen (secondary N) is 1. The molecular formula is C16H12N4OS. The lowest BCUT2D eigenvalue weighted by molar-refractivity contribution is 0.477. The predicted octanol–water partition coefficient (Wildman–Crippen LogP) is 3.76. The van der Waals surface area contributed by atoms with Crippen LogP contribution in [0.5, 0.6) is 5.75 Å². The minimum absolute atomic E-state index is 0.188. The lowest BCUT2D eigenvalue weighted by Gasteiger charge is -2.03. The van der Waals surface area contributed by atoms with Crippen LogP contribution in [0.15, 0.2) is 41.9 Å². The number of H-pyrrole nitrogens is 1. The minimum atomic E-state index is 0.188. The zero-order chi connectivity index (χ0) is 15.1. The van der Waals surface area contributed by atoms with Crippen molar-refractivity contribution in [3.63, 3.8) is 0 Å². The fourth-order valence-corrected chi connectivity index (χ4v) is 3.32. The second-order valence-corrected chi connectivity index (χ2v) is 5.89. The summed E-state index contributed by atoms with van der Waals surface area (Å²) in [7, 11) is 0. The fourth-order valence-electron chi connectivity index (χ4n) is 2.40. The molecule has 3 heterocycles. The Hall–Kier alpha value is -2.73. The van der Waals surface area contributed by atoms with E-state index in [4.69, 9.17) is 0 Å². The van der Waals surface area contributed by atoms with E-state index >= 15 is 0 Å². The molecule has 0 saturated heterocycles. The van der Waals surface area contributed by atoms with Gasteiger partial charge in [-0.15, -0.1) is 11.3 Å². The highest BCUT2D eigenvalue weighted by atomic mass is 32.1. The van der Waals surface area contributed by atoms with Gasteiger partial charge in [0.15, 0.2) is 5.65 Å². The van der Waals surface area contributed by atoms with Gasteiger partial charge in [0.1, 0.15) is 17.0 Å². The van der Waals surface area contributed by atoms with E-state index in [1.54, 1.807) is 29.7 Å². The maximum Gasteiger partial charge on any atom is 0.200 e. The third-order valence-electron chi connectivity index (χ3n) is 3.53. The summed E-state index contributed by atoms with van der Waals surface area (Å²) < 4.78 is 0. The normalized spacial score (nSPS) is 11.1. The molecule has 4 rings (SSSR count). The Balaban J connectivity index is 1.94. The molecule has 0 aliphatic rings. The number of rotatable bonds is 2. The molecule has 4 aromatic rings. The first kappa shape index (κ1) is 13.0. The van der Waals surface area contributed by atoms with Crippen LogP contribution < -0.4 is 0 Å². The van der Waals surface area contributed by atoms with E-state index in [1.165, 1.54) is 5.56 Å². The molecule has 2 N–H and O–H groups in total. The van der Waals surface area contributed by atoms with Crippen LogP contribution in [0, 0.1) is 6.92 Å². The average Bonchev–Trinajstić information content (AvgIpc) is 3.13. The molecule has 1 aromatic carbocycles. The van der Waals surface area contributed by atoms with Gasteiger partial charge in [0, 0.05) is 5.56 Å². The smallest absolute Gasteiger partial charge is 0.200 e. The van der Waals surface area contributed by atoms with Crippen molar-refractivity contribution in [3.8, 4) is 27.6 Å². The topological polar surface area (TPSA) is 74.7 Å². The van der Waals surface area contributed by atoms with Crippen LogP contribution in [0.4, 0.5) is 0 Å². The molecule has 108 valence electrons. The summed E-state index contributed by atoms with van der Waals surface area (Å²) in [5.41, 5.74) is 4.61. The first-order valence-electron chi connectivity index (χ1n) is 6.78. The van der Waals surface area contributed by atoms with Crippen LogP contribution in [0.25, 0.3) is 33.0 Å². The van der Waals surface area contributed by atoms with E-state index in [0.717, 1.165) is 10.6 Å². The second-order valence-electron chi connectivity index (χ2n) is 4.98. The third kappa shape index (κ3) is 1.96. The first-order chi connectivity index (χ1) is 10.7. The number of para-hydroxylation sites is 1. The molecular weight excluding hydrogens is 296 g/mol. The molecule has 0 fully saturated rings. The van der Waals surface area contributed by atoms with Crippen LogP contribution in [-0.2, 0) is 0 Å². The van der Waals surface area contributed by atoms with Gasteiger partial charge in [-0.2, -0.15) is 5.10 Å². The second kappa shape index (κ2) is 4.92. The molecule has 0 unspecified atom stereocenters. The molecule has 0 spiro atoms. The van der Waals surface area contributed by atoms with E-state index < -0.39 is 0 Å². The fraction of sp³-hybridized carbons (Fsp3) is 0.0625. The van der Waals surface area contributed by atoms with Crippen molar-refractivity contribution >= 4 is 22.5 Å².